The summed E-state index contributed by atoms with van der Waals surface area (Å²) >= 11 is 0. The Kier molecular flexibility index (Phi) is 6.35. The second kappa shape index (κ2) is 9.45. The number of rotatable bonds is 4. The van der Waals surface area contributed by atoms with Gasteiger partial charge in [-0.05, 0) is 25.0 Å². The van der Waals surface area contributed by atoms with Gasteiger partial charge in [0.05, 0.1) is 18.0 Å². The third kappa shape index (κ3) is 4.69. The van der Waals surface area contributed by atoms with Crippen LogP contribution in [0.25, 0.3) is 11.2 Å². The minimum absolute atomic E-state index is 0.0724. The minimum atomic E-state index is -4.52. The van der Waals surface area contributed by atoms with Crippen molar-refractivity contribution in [3.8, 4) is 11.8 Å². The van der Waals surface area contributed by atoms with E-state index >= 15 is 0 Å². The average Bonchev–Trinajstić information content (AvgIpc) is 3.56. The fraction of sp³-hybridized carbons (Fsp3) is 0.458. The Morgan fingerprint density at radius 2 is 1.86 bits per heavy atom. The predicted molar refractivity (Wildman–Crippen MR) is 120 cm³/mol. The number of aliphatic hydroxyl groups is 2. The van der Waals surface area contributed by atoms with E-state index in [9.17, 15) is 23.4 Å². The van der Waals surface area contributed by atoms with Gasteiger partial charge in [-0.1, -0.05) is 36.8 Å². The zero-order valence-electron chi connectivity index (χ0n) is 18.6. The summed E-state index contributed by atoms with van der Waals surface area (Å²) in [5, 5.41) is 24.6. The largest absolute Gasteiger partial charge is 0.417 e. The van der Waals surface area contributed by atoms with Crippen molar-refractivity contribution >= 4 is 17.0 Å². The molecule has 0 bridgehead atoms. The van der Waals surface area contributed by atoms with Crippen LogP contribution in [-0.2, 0) is 10.9 Å². The molecule has 0 spiro atoms. The van der Waals surface area contributed by atoms with Crippen LogP contribution in [0.2, 0.25) is 0 Å². The summed E-state index contributed by atoms with van der Waals surface area (Å²) < 4.78 is 46.9. The number of benzene rings is 1. The molecule has 8 nitrogen and oxygen atoms in total. The van der Waals surface area contributed by atoms with E-state index in [-0.39, 0.29) is 12.0 Å². The van der Waals surface area contributed by atoms with Gasteiger partial charge in [-0.2, -0.15) is 13.2 Å². The van der Waals surface area contributed by atoms with Gasteiger partial charge in [-0.15, -0.1) is 0 Å². The average molecular weight is 487 g/mol. The third-order valence-electron chi connectivity index (χ3n) is 6.42. The molecule has 2 aromatic heterocycles. The van der Waals surface area contributed by atoms with Crippen LogP contribution in [0, 0.1) is 11.8 Å². The Morgan fingerprint density at radius 1 is 1.09 bits per heavy atom. The monoisotopic (exact) mass is 487 g/mol. The van der Waals surface area contributed by atoms with Crippen LogP contribution < -0.4 is 5.32 Å². The predicted octanol–water partition coefficient (Wildman–Crippen LogP) is 3.26. The van der Waals surface area contributed by atoms with Gasteiger partial charge < -0.3 is 20.3 Å². The van der Waals surface area contributed by atoms with Crippen molar-refractivity contribution in [2.45, 2.75) is 68.9 Å². The third-order valence-corrected chi connectivity index (χ3v) is 6.42. The number of alkyl halides is 3. The molecule has 184 valence electrons. The summed E-state index contributed by atoms with van der Waals surface area (Å²) in [6.07, 6.45) is -1.79. The number of imidazole rings is 1. The first-order chi connectivity index (χ1) is 16.8. The quantitative estimate of drug-likeness (QED) is 0.485. The molecule has 2 aliphatic rings. The van der Waals surface area contributed by atoms with E-state index < -0.39 is 36.3 Å². The lowest BCUT2D eigenvalue weighted by molar-refractivity contribution is -0.137. The van der Waals surface area contributed by atoms with Crippen molar-refractivity contribution in [1.29, 1.82) is 0 Å². The Hall–Kier alpha value is -3.20. The molecule has 1 saturated carbocycles. The van der Waals surface area contributed by atoms with Crippen molar-refractivity contribution < 1.29 is 28.1 Å². The molecule has 3 N–H and O–H groups in total. The molecule has 1 saturated heterocycles. The van der Waals surface area contributed by atoms with E-state index in [4.69, 9.17) is 4.74 Å². The summed E-state index contributed by atoms with van der Waals surface area (Å²) in [7, 11) is 0. The summed E-state index contributed by atoms with van der Waals surface area (Å²) in [5.41, 5.74) is -0.0339. The summed E-state index contributed by atoms with van der Waals surface area (Å²) in [6.45, 7) is 0. The molecule has 3 heterocycles. The number of hydrogen-bond acceptors (Lipinski definition) is 7. The van der Waals surface area contributed by atoms with Crippen LogP contribution in [0.1, 0.15) is 49.5 Å². The normalized spacial score (nSPS) is 25.1. The van der Waals surface area contributed by atoms with Gasteiger partial charge in [0, 0.05) is 18.0 Å². The van der Waals surface area contributed by atoms with E-state index in [0.717, 1.165) is 31.7 Å². The Labute approximate surface area is 199 Å². The molecule has 35 heavy (non-hydrogen) atoms. The van der Waals surface area contributed by atoms with Gasteiger partial charge in [-0.25, -0.2) is 15.0 Å². The molecular weight excluding hydrogens is 463 g/mol. The molecule has 11 heteroatoms. The molecule has 1 aromatic carbocycles. The number of nitrogens with zero attached hydrogens (tertiary/aromatic N) is 4. The molecular formula is C24H24F3N5O3. The first kappa shape index (κ1) is 23.5. The van der Waals surface area contributed by atoms with E-state index in [1.165, 1.54) is 35.4 Å². The Morgan fingerprint density at radius 3 is 2.63 bits per heavy atom. The number of aromatic nitrogens is 4. The SMILES string of the molecule is O[C@@H]1[C@H](O)[C@@H](CC#Cc2ccccc2C(F)(F)F)O[C@H]1n1cnc2c(NC3CCCC3)ncnc21. The van der Waals surface area contributed by atoms with Crippen LogP contribution in [0.4, 0.5) is 19.0 Å². The molecule has 0 amide bonds. The Balaban J connectivity index is 1.34. The highest BCUT2D eigenvalue weighted by Crippen LogP contribution is 2.34. The van der Waals surface area contributed by atoms with Crippen LogP contribution in [0.15, 0.2) is 36.9 Å². The number of anilines is 1. The number of aliphatic hydroxyl groups excluding tert-OH is 2. The molecule has 1 aliphatic carbocycles. The zero-order chi connectivity index (χ0) is 24.6. The number of nitrogens with one attached hydrogen (secondary N) is 1. The van der Waals surface area contributed by atoms with Crippen LogP contribution in [-0.4, -0.2) is 54.1 Å². The number of halogens is 3. The van der Waals surface area contributed by atoms with Crippen molar-refractivity contribution in [2.24, 2.45) is 0 Å². The molecule has 0 radical (unpaired) electrons. The number of hydrogen-bond donors (Lipinski definition) is 3. The zero-order valence-corrected chi connectivity index (χ0v) is 18.6. The smallest absolute Gasteiger partial charge is 0.387 e. The highest BCUT2D eigenvalue weighted by atomic mass is 19.4. The lowest BCUT2D eigenvalue weighted by Crippen LogP contribution is -2.31. The van der Waals surface area contributed by atoms with E-state index in [2.05, 4.69) is 32.1 Å². The van der Waals surface area contributed by atoms with Gasteiger partial charge in [0.2, 0.25) is 0 Å². The minimum Gasteiger partial charge on any atom is -0.387 e. The first-order valence-electron chi connectivity index (χ1n) is 11.4. The fourth-order valence-electron chi connectivity index (χ4n) is 4.62. The number of ether oxygens (including phenoxy) is 1. The fourth-order valence-corrected chi connectivity index (χ4v) is 4.62. The lowest BCUT2D eigenvalue weighted by atomic mass is 10.1. The van der Waals surface area contributed by atoms with Crippen LogP contribution >= 0.6 is 0 Å². The maximum atomic E-state index is 13.2. The second-order valence-electron chi connectivity index (χ2n) is 8.77. The van der Waals surface area contributed by atoms with Crippen molar-refractivity contribution in [3.05, 3.63) is 48.0 Å². The first-order valence-corrected chi connectivity index (χ1v) is 11.4. The highest BCUT2D eigenvalue weighted by Gasteiger charge is 2.44. The number of fused-ring (bicyclic) bond motifs is 1. The van der Waals surface area contributed by atoms with Gasteiger partial charge in [-0.3, -0.25) is 4.57 Å². The lowest BCUT2D eigenvalue weighted by Gasteiger charge is -2.17. The maximum absolute atomic E-state index is 13.2. The van der Waals surface area contributed by atoms with Gasteiger partial charge in [0.1, 0.15) is 18.5 Å². The summed E-state index contributed by atoms with van der Waals surface area (Å²) in [4.78, 5) is 13.0. The van der Waals surface area contributed by atoms with E-state index in [0.29, 0.717) is 23.0 Å². The van der Waals surface area contributed by atoms with Gasteiger partial charge >= 0.3 is 6.18 Å². The molecule has 3 aromatic rings. The highest BCUT2D eigenvalue weighted by molar-refractivity contribution is 5.82. The van der Waals surface area contributed by atoms with Gasteiger partial charge in [0.25, 0.3) is 0 Å². The topological polar surface area (TPSA) is 105 Å². The molecule has 5 rings (SSSR count). The molecule has 0 unspecified atom stereocenters. The van der Waals surface area contributed by atoms with Crippen molar-refractivity contribution in [3.63, 3.8) is 0 Å². The Bertz CT molecular complexity index is 1260. The van der Waals surface area contributed by atoms with Crippen LogP contribution in [0.3, 0.4) is 0 Å². The second-order valence-corrected chi connectivity index (χ2v) is 8.77. The van der Waals surface area contributed by atoms with E-state index in [1.54, 1.807) is 0 Å². The van der Waals surface area contributed by atoms with E-state index in [1.807, 2.05) is 0 Å². The standard InChI is InChI=1S/C24H24F3N5O3/c25-24(26,27)16-10-4-1-6-14(16)7-5-11-17-19(33)20(34)23(35-17)32-13-30-18-21(28-12-29-22(18)32)31-15-8-2-3-9-15/h1,4,6,10,12-13,15,17,19-20,23,33-34H,2-3,8-9,11H2,(H,28,29,31)/t17-,19-,20-,23-/m1/s1. The maximum Gasteiger partial charge on any atom is 0.417 e. The molecule has 4 atom stereocenters. The summed E-state index contributed by atoms with van der Waals surface area (Å²) in [5.74, 6) is 5.76. The summed E-state index contributed by atoms with van der Waals surface area (Å²) in [6, 6.07) is 5.34. The molecule has 1 aliphatic heterocycles. The van der Waals surface area contributed by atoms with Crippen molar-refractivity contribution in [1.82, 2.24) is 19.5 Å². The van der Waals surface area contributed by atoms with Crippen LogP contribution in [0.5, 0.6) is 0 Å². The van der Waals surface area contributed by atoms with Gasteiger partial charge in [0.15, 0.2) is 23.2 Å². The van der Waals surface area contributed by atoms with Crippen molar-refractivity contribution in [2.75, 3.05) is 5.32 Å². The molecule has 2 fully saturated rings.